The summed E-state index contributed by atoms with van der Waals surface area (Å²) in [5.41, 5.74) is 24.7. The van der Waals surface area contributed by atoms with Gasteiger partial charge in [-0.3, -0.25) is 4.52 Å². The summed E-state index contributed by atoms with van der Waals surface area (Å²) in [6.07, 6.45) is 2.89. The number of nitrogens with two attached hydrogens (primary N) is 1. The van der Waals surface area contributed by atoms with Gasteiger partial charge in [-0.25, -0.2) is 28.5 Å². The van der Waals surface area contributed by atoms with Gasteiger partial charge in [0.15, 0.2) is 0 Å². The molecule has 3 heterocycles. The molecule has 5 rings (SSSR count). The largest absolute Gasteiger partial charge is 0.490 e. The first kappa shape index (κ1) is 39.8. The number of ether oxygens (including phenoxy) is 4. The van der Waals surface area contributed by atoms with Gasteiger partial charge in [0.1, 0.15) is 55.0 Å². The number of azide groups is 2. The number of esters is 1. The number of carbonyl (C=O) groups is 1. The van der Waals surface area contributed by atoms with E-state index in [9.17, 15) is 28.3 Å². The number of nitrogen functional groups attached to an aromatic ring is 1. The molecular weight excluding hydrogens is 773 g/mol. The lowest BCUT2D eigenvalue weighted by atomic mass is 10.1. The maximum absolute atomic E-state index is 13.3. The molecule has 0 saturated carbocycles. The quantitative estimate of drug-likeness (QED) is 0.0388. The molecule has 0 spiro atoms. The number of fused-ring (bicyclic) bond motifs is 1. The molecule has 28 heteroatoms. The highest BCUT2D eigenvalue weighted by molar-refractivity contribution is 7.66. The highest BCUT2D eigenvalue weighted by Crippen LogP contribution is 2.66. The van der Waals surface area contributed by atoms with Gasteiger partial charge in [0.05, 0.1) is 30.2 Å². The van der Waals surface area contributed by atoms with Crippen LogP contribution in [0.5, 0.6) is 5.75 Å². The second-order valence-electron chi connectivity index (χ2n) is 10.9. The second kappa shape index (κ2) is 16.7. The van der Waals surface area contributed by atoms with Crippen LogP contribution in [0.15, 0.2) is 52.8 Å². The van der Waals surface area contributed by atoms with E-state index >= 15 is 0 Å². The van der Waals surface area contributed by atoms with Crippen LogP contribution >= 0.6 is 23.5 Å². The minimum absolute atomic E-state index is 0.00834. The maximum atomic E-state index is 13.3. The van der Waals surface area contributed by atoms with E-state index in [4.69, 9.17) is 50.1 Å². The first-order chi connectivity index (χ1) is 25.1. The van der Waals surface area contributed by atoms with Crippen molar-refractivity contribution in [1.29, 1.82) is 0 Å². The molecule has 0 amide bonds. The van der Waals surface area contributed by atoms with Crippen LogP contribution < -0.4 is 10.5 Å². The Hall–Kier alpha value is -4.40. The van der Waals surface area contributed by atoms with E-state index < -0.39 is 61.2 Å². The zero-order valence-corrected chi connectivity index (χ0v) is 29.6. The summed E-state index contributed by atoms with van der Waals surface area (Å²) >= 11 is 0. The topological polar surface area (TPSA) is 368 Å². The average molecular weight is 802 g/mol. The van der Waals surface area contributed by atoms with Gasteiger partial charge in [0, 0.05) is 34.4 Å². The molecular formula is C25H29N10O15P3. The van der Waals surface area contributed by atoms with Gasteiger partial charge in [-0.05, 0) is 47.3 Å². The van der Waals surface area contributed by atoms with E-state index in [1.807, 2.05) is 6.08 Å². The van der Waals surface area contributed by atoms with Gasteiger partial charge >= 0.3 is 29.4 Å². The minimum Gasteiger partial charge on any atom is -0.462 e. The Balaban J connectivity index is 1.35. The smallest absolute Gasteiger partial charge is 0.462 e. The third kappa shape index (κ3) is 10.6. The molecule has 2 aliphatic rings. The molecule has 3 unspecified atom stereocenters. The highest BCUT2D eigenvalue weighted by atomic mass is 31.3. The molecule has 1 aliphatic carbocycles. The fourth-order valence-corrected chi connectivity index (χ4v) is 8.17. The summed E-state index contributed by atoms with van der Waals surface area (Å²) in [6.45, 7) is -1.91. The van der Waals surface area contributed by atoms with Crippen molar-refractivity contribution < 1.29 is 70.2 Å². The van der Waals surface area contributed by atoms with Crippen molar-refractivity contribution in [2.45, 2.75) is 50.8 Å². The van der Waals surface area contributed by atoms with E-state index in [0.29, 0.717) is 16.9 Å². The Morgan fingerprint density at radius 3 is 2.51 bits per heavy atom. The number of aromatic nitrogens is 3. The summed E-state index contributed by atoms with van der Waals surface area (Å²) in [5, 5.41) is 7.12. The molecule has 6 N–H and O–H groups in total. The van der Waals surface area contributed by atoms with Gasteiger partial charge in [-0.2, -0.15) is 8.62 Å². The van der Waals surface area contributed by atoms with Crippen molar-refractivity contribution in [2.75, 3.05) is 19.1 Å². The van der Waals surface area contributed by atoms with E-state index in [-0.39, 0.29) is 42.0 Å². The minimum atomic E-state index is -5.79. The number of rotatable bonds is 18. The van der Waals surface area contributed by atoms with Gasteiger partial charge in [0.2, 0.25) is 0 Å². The van der Waals surface area contributed by atoms with E-state index in [1.165, 1.54) is 16.8 Å². The number of nitrogens with zero attached hydrogens (tertiary/aromatic N) is 9. The summed E-state index contributed by atoms with van der Waals surface area (Å²) in [4.78, 5) is 63.8. The Morgan fingerprint density at radius 1 is 1.08 bits per heavy atom. The normalized spacial score (nSPS) is 20.6. The number of carbonyl (C=O) groups excluding carboxylic acids is 1. The lowest BCUT2D eigenvalue weighted by molar-refractivity contribution is -0.0582. The van der Waals surface area contributed by atoms with Crippen LogP contribution in [0.4, 0.5) is 5.82 Å². The van der Waals surface area contributed by atoms with Crippen LogP contribution in [0.25, 0.3) is 31.9 Å². The fraction of sp³-hybridized carbons (Fsp3) is 0.400. The van der Waals surface area contributed by atoms with Gasteiger partial charge < -0.3 is 48.8 Å². The van der Waals surface area contributed by atoms with E-state index in [1.54, 1.807) is 12.1 Å². The Labute approximate surface area is 296 Å². The molecule has 2 aromatic heterocycles. The Morgan fingerprint density at radius 2 is 1.83 bits per heavy atom. The molecule has 25 nitrogen and oxygen atoms in total. The van der Waals surface area contributed by atoms with Crippen molar-refractivity contribution in [3.8, 4) is 5.75 Å². The molecule has 0 bridgehead atoms. The maximum Gasteiger partial charge on any atom is 0.490 e. The number of phosphoric ester groups is 1. The molecule has 0 radical (unpaired) electrons. The van der Waals surface area contributed by atoms with Gasteiger partial charge in [-0.15, -0.1) is 0 Å². The molecule has 1 aromatic carbocycles. The summed E-state index contributed by atoms with van der Waals surface area (Å²) < 4.78 is 71.6. The molecule has 1 aliphatic heterocycles. The molecule has 3 aromatic rings. The number of benzene rings is 1. The van der Waals surface area contributed by atoms with Crippen LogP contribution in [0.2, 0.25) is 0 Å². The lowest BCUT2D eigenvalue weighted by Gasteiger charge is -2.21. The van der Waals surface area contributed by atoms with Crippen LogP contribution in [0.3, 0.4) is 0 Å². The Kier molecular flexibility index (Phi) is 12.6. The van der Waals surface area contributed by atoms with Crippen molar-refractivity contribution in [3.63, 3.8) is 0 Å². The summed E-state index contributed by atoms with van der Waals surface area (Å²) in [6, 6.07) is 4.62. The fourth-order valence-electron chi connectivity index (χ4n) is 5.14. The van der Waals surface area contributed by atoms with Crippen molar-refractivity contribution in [1.82, 2.24) is 14.5 Å². The van der Waals surface area contributed by atoms with Crippen molar-refractivity contribution >= 4 is 46.3 Å². The first-order valence-electron chi connectivity index (χ1n) is 14.9. The van der Waals surface area contributed by atoms with Crippen LogP contribution in [-0.2, 0) is 54.2 Å². The monoisotopic (exact) mass is 802 g/mol. The standard InChI is InChI=1S/C25H29N10O15P3/c26-23-22-15(10-44-25(36)18-5-4-17(47-16-2-1-3-16)6-14(18)8-31-33-27)9-35(24(22)30-12-29-23)21-7-19(45-13-32-34-28)20(48-21)11-46-52(40,41)50-53(42,43)49-51(37,38)39/h2,4-6,9,12,19-21H,1,3,7-8,10-11,13H2,(H,40,41)(H,42,43)(H2,26,29,30)(H2,37,38,39)/t19?,20-,21-/m1/s1. The molecule has 53 heavy (non-hydrogen) atoms. The zero-order valence-electron chi connectivity index (χ0n) is 26.9. The summed E-state index contributed by atoms with van der Waals surface area (Å²) in [5.74, 6) is 0.460. The Bertz CT molecular complexity index is 2150. The van der Waals surface area contributed by atoms with Gasteiger partial charge in [0.25, 0.3) is 0 Å². The number of anilines is 1. The zero-order chi connectivity index (χ0) is 38.4. The van der Waals surface area contributed by atoms with Crippen LogP contribution in [-0.4, -0.2) is 65.6 Å². The SMILES string of the molecule is [N-]=[N+]=NCOC1C[C@H](n2cc(COC(=O)c3ccc(OC4=CCC4)cc3CN=[N+]=[N-])c3c(N)ncnc32)O[C@@H]1COP(=O)(O)OP(=O)(O)OP(=O)(O)O. The molecule has 284 valence electrons. The number of hydrogen-bond acceptors (Lipinski definition) is 16. The lowest BCUT2D eigenvalue weighted by Crippen LogP contribution is -2.29. The highest BCUT2D eigenvalue weighted by Gasteiger charge is 2.43. The predicted molar refractivity (Wildman–Crippen MR) is 176 cm³/mol. The van der Waals surface area contributed by atoms with E-state index in [2.05, 4.69) is 38.6 Å². The third-order valence-electron chi connectivity index (χ3n) is 7.41. The summed E-state index contributed by atoms with van der Waals surface area (Å²) in [7, 11) is -16.9. The van der Waals surface area contributed by atoms with E-state index in [0.717, 1.165) is 24.9 Å². The molecule has 1 saturated heterocycles. The van der Waals surface area contributed by atoms with Crippen LogP contribution in [0.1, 0.15) is 47.0 Å². The number of hydrogen-bond donors (Lipinski definition) is 5. The number of phosphoric acid groups is 3. The third-order valence-corrected chi connectivity index (χ3v) is 11.2. The predicted octanol–water partition coefficient (Wildman–Crippen LogP) is 4.52. The second-order valence-corrected chi connectivity index (χ2v) is 15.4. The van der Waals surface area contributed by atoms with Gasteiger partial charge in [-0.1, -0.05) is 10.2 Å². The molecule has 1 fully saturated rings. The average Bonchev–Trinajstić information content (AvgIpc) is 3.63. The molecule has 5 atom stereocenters. The number of allylic oxidation sites excluding steroid dienone is 2. The first-order valence-corrected chi connectivity index (χ1v) is 19.4. The van der Waals surface area contributed by atoms with Crippen LogP contribution in [0, 0.1) is 0 Å². The van der Waals surface area contributed by atoms with Crippen molar-refractivity contribution in [3.05, 3.63) is 80.1 Å². The van der Waals surface area contributed by atoms with Crippen molar-refractivity contribution in [2.24, 2.45) is 10.2 Å².